The van der Waals surface area contributed by atoms with E-state index in [4.69, 9.17) is 13.7 Å². The number of esters is 1. The number of rotatable bonds is 4. The van der Waals surface area contributed by atoms with E-state index in [1.54, 1.807) is 37.3 Å². The molecule has 1 aromatic carbocycles. The molecule has 0 fully saturated rings. The fourth-order valence-corrected chi connectivity index (χ4v) is 1.76. The number of aromatic nitrogens is 3. The van der Waals surface area contributed by atoms with Crippen LogP contribution in [0.25, 0.3) is 11.5 Å². The summed E-state index contributed by atoms with van der Waals surface area (Å²) >= 11 is 0. The Morgan fingerprint density at radius 3 is 2.71 bits per heavy atom. The van der Waals surface area contributed by atoms with Gasteiger partial charge >= 0.3 is 5.97 Å². The van der Waals surface area contributed by atoms with Crippen LogP contribution in [-0.2, 0) is 11.3 Å². The van der Waals surface area contributed by atoms with Gasteiger partial charge in [-0.05, 0) is 31.2 Å². The number of ether oxygens (including phenoxy) is 1. The molecule has 7 nitrogen and oxygen atoms in total. The molecule has 3 aromatic rings. The lowest BCUT2D eigenvalue weighted by Gasteiger charge is -2.03. The molecule has 3 rings (SSSR count). The summed E-state index contributed by atoms with van der Waals surface area (Å²) in [5, 5.41) is 11.1. The van der Waals surface area contributed by atoms with Gasteiger partial charge in [-0.3, -0.25) is 0 Å². The zero-order valence-electron chi connectivity index (χ0n) is 11.1. The second-order valence-corrected chi connectivity index (χ2v) is 4.33. The van der Waals surface area contributed by atoms with Crippen molar-refractivity contribution >= 4 is 5.97 Å². The molecule has 0 saturated carbocycles. The van der Waals surface area contributed by atoms with Crippen LogP contribution in [0.2, 0.25) is 0 Å². The minimum atomic E-state index is -0.437. The number of nitrogens with zero attached hydrogens (tertiary/aromatic N) is 3. The van der Waals surface area contributed by atoms with E-state index in [-0.39, 0.29) is 6.61 Å². The molecule has 2 heterocycles. The lowest BCUT2D eigenvalue weighted by Crippen LogP contribution is -2.05. The Morgan fingerprint density at radius 1 is 1.29 bits per heavy atom. The number of carbonyl (C=O) groups excluding carboxylic acids is 1. The average Bonchev–Trinajstić information content (AvgIpc) is 3.16. The monoisotopic (exact) mass is 285 g/mol. The van der Waals surface area contributed by atoms with Gasteiger partial charge < -0.3 is 13.7 Å². The Bertz CT molecular complexity index is 732. The molecule has 7 heteroatoms. The Morgan fingerprint density at radius 2 is 2.10 bits per heavy atom. The summed E-state index contributed by atoms with van der Waals surface area (Å²) in [6.07, 6.45) is 1.25. The summed E-state index contributed by atoms with van der Waals surface area (Å²) in [6.45, 7) is 1.84. The van der Waals surface area contributed by atoms with Crippen molar-refractivity contribution in [1.29, 1.82) is 0 Å². The van der Waals surface area contributed by atoms with Gasteiger partial charge in [0.15, 0.2) is 0 Å². The minimum absolute atomic E-state index is 0.0710. The van der Waals surface area contributed by atoms with Crippen molar-refractivity contribution in [1.82, 2.24) is 15.4 Å². The molecule has 0 spiro atoms. The maximum atomic E-state index is 11.9. The number of hydrogen-bond donors (Lipinski definition) is 0. The van der Waals surface area contributed by atoms with Gasteiger partial charge in [0.25, 0.3) is 0 Å². The molecular weight excluding hydrogens is 274 g/mol. The summed E-state index contributed by atoms with van der Waals surface area (Å²) in [5.41, 5.74) is 1.73. The molecule has 0 unspecified atom stereocenters. The highest BCUT2D eigenvalue weighted by Gasteiger charge is 2.10. The molecule has 0 aliphatic heterocycles. The molecule has 0 aliphatic rings. The minimum Gasteiger partial charge on any atom is -0.455 e. The van der Waals surface area contributed by atoms with Gasteiger partial charge in [0, 0.05) is 11.6 Å². The summed E-state index contributed by atoms with van der Waals surface area (Å²) in [5.74, 6) is 0.630. The molecule has 0 radical (unpaired) electrons. The van der Waals surface area contributed by atoms with Gasteiger partial charge in [0.2, 0.25) is 12.3 Å². The van der Waals surface area contributed by atoms with Crippen LogP contribution in [0.1, 0.15) is 21.8 Å². The Labute approximate surface area is 119 Å². The molecule has 0 atom stereocenters. The van der Waals surface area contributed by atoms with Gasteiger partial charge in [-0.25, -0.2) is 4.79 Å². The maximum absolute atomic E-state index is 11.9. The number of hydrogen-bond acceptors (Lipinski definition) is 7. The quantitative estimate of drug-likeness (QED) is 0.679. The first-order valence-corrected chi connectivity index (χ1v) is 6.18. The molecule has 21 heavy (non-hydrogen) atoms. The van der Waals surface area contributed by atoms with E-state index in [9.17, 15) is 4.79 Å². The number of carbonyl (C=O) groups is 1. The van der Waals surface area contributed by atoms with E-state index in [1.165, 1.54) is 6.39 Å². The highest BCUT2D eigenvalue weighted by atomic mass is 16.5. The third kappa shape index (κ3) is 2.97. The van der Waals surface area contributed by atoms with Gasteiger partial charge in [-0.2, -0.15) is 0 Å². The molecule has 106 valence electrons. The second kappa shape index (κ2) is 5.58. The third-order valence-electron chi connectivity index (χ3n) is 2.76. The largest absolute Gasteiger partial charge is 0.455 e. The topological polar surface area (TPSA) is 91.2 Å². The van der Waals surface area contributed by atoms with Gasteiger partial charge in [0.1, 0.15) is 18.1 Å². The lowest BCUT2D eigenvalue weighted by molar-refractivity contribution is 0.0464. The molecule has 0 amide bonds. The smallest absolute Gasteiger partial charge is 0.338 e. The van der Waals surface area contributed by atoms with Crippen molar-refractivity contribution in [2.75, 3.05) is 0 Å². The van der Waals surface area contributed by atoms with Crippen LogP contribution >= 0.6 is 0 Å². The maximum Gasteiger partial charge on any atom is 0.338 e. The van der Waals surface area contributed by atoms with Crippen molar-refractivity contribution in [3.63, 3.8) is 0 Å². The average molecular weight is 285 g/mol. The van der Waals surface area contributed by atoms with Crippen molar-refractivity contribution in [3.8, 4) is 11.5 Å². The zero-order chi connectivity index (χ0) is 14.7. The second-order valence-electron chi connectivity index (χ2n) is 4.33. The van der Waals surface area contributed by atoms with E-state index in [0.29, 0.717) is 22.9 Å². The first-order chi connectivity index (χ1) is 10.2. The number of benzene rings is 1. The predicted molar refractivity (Wildman–Crippen MR) is 70.1 cm³/mol. The molecule has 0 bridgehead atoms. The highest BCUT2D eigenvalue weighted by molar-refractivity contribution is 5.89. The van der Waals surface area contributed by atoms with E-state index >= 15 is 0 Å². The van der Waals surface area contributed by atoms with Crippen molar-refractivity contribution in [3.05, 3.63) is 53.7 Å². The first kappa shape index (κ1) is 13.0. The third-order valence-corrected chi connectivity index (χ3v) is 2.76. The standard InChI is InChI=1S/C14H11N3O4/c1-9-6-12(17-21-9)7-19-14(18)11-4-2-10(3-5-11)13-16-15-8-20-13/h2-6,8H,7H2,1H3. The van der Waals surface area contributed by atoms with Crippen LogP contribution in [-0.4, -0.2) is 21.3 Å². The molecule has 0 N–H and O–H groups in total. The lowest BCUT2D eigenvalue weighted by atomic mass is 10.1. The fourth-order valence-electron chi connectivity index (χ4n) is 1.76. The van der Waals surface area contributed by atoms with Crippen LogP contribution in [0, 0.1) is 6.92 Å². The summed E-state index contributed by atoms with van der Waals surface area (Å²) in [4.78, 5) is 11.9. The van der Waals surface area contributed by atoms with Gasteiger partial charge in [0.05, 0.1) is 5.56 Å². The van der Waals surface area contributed by atoms with E-state index in [2.05, 4.69) is 15.4 Å². The molecular formula is C14H11N3O4. The van der Waals surface area contributed by atoms with Crippen LogP contribution in [0.3, 0.4) is 0 Å². The van der Waals surface area contributed by atoms with Crippen LogP contribution in [0.5, 0.6) is 0 Å². The Balaban J connectivity index is 1.65. The van der Waals surface area contributed by atoms with Crippen LogP contribution in [0.15, 0.2) is 45.7 Å². The van der Waals surface area contributed by atoms with Crippen LogP contribution < -0.4 is 0 Å². The van der Waals surface area contributed by atoms with E-state index in [0.717, 1.165) is 5.56 Å². The predicted octanol–water partition coefficient (Wildman–Crippen LogP) is 2.39. The normalized spacial score (nSPS) is 10.5. The molecule has 2 aromatic heterocycles. The van der Waals surface area contributed by atoms with E-state index < -0.39 is 5.97 Å². The summed E-state index contributed by atoms with van der Waals surface area (Å²) < 4.78 is 15.1. The fraction of sp³-hybridized carbons (Fsp3) is 0.143. The molecule has 0 saturated heterocycles. The summed E-state index contributed by atoms with van der Waals surface area (Å²) in [7, 11) is 0. The van der Waals surface area contributed by atoms with E-state index in [1.807, 2.05) is 0 Å². The SMILES string of the molecule is Cc1cc(COC(=O)c2ccc(-c3nnco3)cc2)no1. The number of aryl methyl sites for hydroxylation is 1. The van der Waals surface area contributed by atoms with Gasteiger partial charge in [-0.1, -0.05) is 5.16 Å². The van der Waals surface area contributed by atoms with Crippen molar-refractivity contribution < 1.29 is 18.5 Å². The first-order valence-electron chi connectivity index (χ1n) is 6.18. The van der Waals surface area contributed by atoms with Crippen molar-refractivity contribution in [2.24, 2.45) is 0 Å². The van der Waals surface area contributed by atoms with Gasteiger partial charge in [-0.15, -0.1) is 10.2 Å². The highest BCUT2D eigenvalue weighted by Crippen LogP contribution is 2.17. The zero-order valence-corrected chi connectivity index (χ0v) is 11.1. The van der Waals surface area contributed by atoms with Crippen LogP contribution in [0.4, 0.5) is 0 Å². The molecule has 0 aliphatic carbocycles. The van der Waals surface area contributed by atoms with Crippen molar-refractivity contribution in [2.45, 2.75) is 13.5 Å². The Hall–Kier alpha value is -2.96. The Kier molecular flexibility index (Phi) is 3.46. The summed E-state index contributed by atoms with van der Waals surface area (Å²) in [6, 6.07) is 8.41.